The van der Waals surface area contributed by atoms with Crippen molar-refractivity contribution in [3.05, 3.63) is 71.7 Å². The van der Waals surface area contributed by atoms with Gasteiger partial charge in [-0.2, -0.15) is 0 Å². The molecule has 2 aromatic carbocycles. The third kappa shape index (κ3) is 2.37. The molecule has 0 spiro atoms. The minimum atomic E-state index is -0.769. The number of hydrogen-bond acceptors (Lipinski definition) is 2. The quantitative estimate of drug-likeness (QED) is 0.772. The van der Waals surface area contributed by atoms with Crippen molar-refractivity contribution in [1.82, 2.24) is 0 Å². The van der Waals surface area contributed by atoms with Crippen molar-refractivity contribution in [2.75, 3.05) is 0 Å². The summed E-state index contributed by atoms with van der Waals surface area (Å²) >= 11 is 0. The molecule has 19 heavy (non-hydrogen) atoms. The molecule has 96 valence electrons. The molecule has 1 aromatic heterocycles. The van der Waals surface area contributed by atoms with Crippen LogP contribution in [0.15, 0.2) is 59.0 Å². The maximum atomic E-state index is 13.5. The van der Waals surface area contributed by atoms with Crippen LogP contribution in [-0.4, -0.2) is 5.11 Å². The smallest absolute Gasteiger partial charge is 0.170 e. The van der Waals surface area contributed by atoms with Crippen LogP contribution in [0.25, 0.3) is 11.0 Å². The van der Waals surface area contributed by atoms with E-state index in [1.165, 1.54) is 6.07 Å². The average molecular weight is 256 g/mol. The van der Waals surface area contributed by atoms with Crippen LogP contribution in [0.1, 0.15) is 17.4 Å². The summed E-state index contributed by atoms with van der Waals surface area (Å²) < 4.78 is 18.9. The van der Waals surface area contributed by atoms with Crippen LogP contribution < -0.4 is 0 Å². The zero-order chi connectivity index (χ0) is 13.2. The van der Waals surface area contributed by atoms with Gasteiger partial charge in [0, 0.05) is 11.8 Å². The molecular weight excluding hydrogens is 243 g/mol. The lowest BCUT2D eigenvalue weighted by Crippen LogP contribution is -1.99. The van der Waals surface area contributed by atoms with Gasteiger partial charge >= 0.3 is 0 Å². The number of furan rings is 1. The molecule has 0 radical (unpaired) electrons. The summed E-state index contributed by atoms with van der Waals surface area (Å²) in [4.78, 5) is 0. The van der Waals surface area contributed by atoms with Gasteiger partial charge in [0.2, 0.25) is 0 Å². The third-order valence-corrected chi connectivity index (χ3v) is 3.12. The Kier molecular flexibility index (Phi) is 3.05. The van der Waals surface area contributed by atoms with Crippen molar-refractivity contribution in [3.8, 4) is 0 Å². The Morgan fingerprint density at radius 3 is 2.58 bits per heavy atom. The summed E-state index contributed by atoms with van der Waals surface area (Å²) in [5, 5.41) is 10.8. The molecule has 0 aliphatic heterocycles. The molecule has 0 aliphatic carbocycles. The van der Waals surface area contributed by atoms with E-state index in [4.69, 9.17) is 4.42 Å². The molecular formula is C16H13FO2. The van der Waals surface area contributed by atoms with Crippen LogP contribution in [0.2, 0.25) is 0 Å². The largest absolute Gasteiger partial charge is 0.455 e. The second-order valence-corrected chi connectivity index (χ2v) is 4.51. The van der Waals surface area contributed by atoms with Crippen molar-refractivity contribution in [2.24, 2.45) is 0 Å². The highest BCUT2D eigenvalue weighted by Gasteiger charge is 2.15. The van der Waals surface area contributed by atoms with Gasteiger partial charge in [0.1, 0.15) is 11.9 Å². The lowest BCUT2D eigenvalue weighted by molar-refractivity contribution is 0.152. The maximum Gasteiger partial charge on any atom is 0.170 e. The predicted molar refractivity (Wildman–Crippen MR) is 71.3 cm³/mol. The van der Waals surface area contributed by atoms with Crippen molar-refractivity contribution in [2.45, 2.75) is 12.5 Å². The fourth-order valence-electron chi connectivity index (χ4n) is 2.15. The monoisotopic (exact) mass is 256 g/mol. The molecule has 3 rings (SSSR count). The summed E-state index contributed by atoms with van der Waals surface area (Å²) in [6.45, 7) is 0. The Morgan fingerprint density at radius 2 is 1.84 bits per heavy atom. The van der Waals surface area contributed by atoms with Gasteiger partial charge in [-0.1, -0.05) is 42.5 Å². The van der Waals surface area contributed by atoms with Crippen LogP contribution in [0.4, 0.5) is 4.39 Å². The maximum absolute atomic E-state index is 13.5. The fraction of sp³-hybridized carbons (Fsp3) is 0.125. The van der Waals surface area contributed by atoms with E-state index < -0.39 is 11.9 Å². The first kappa shape index (κ1) is 11.9. The molecule has 3 aromatic rings. The number of fused-ring (bicyclic) bond motifs is 1. The van der Waals surface area contributed by atoms with E-state index in [2.05, 4.69) is 0 Å². The number of rotatable bonds is 3. The number of halogens is 1. The normalized spacial score (nSPS) is 12.7. The molecule has 0 amide bonds. The van der Waals surface area contributed by atoms with Crippen LogP contribution in [0.5, 0.6) is 0 Å². The molecule has 0 saturated carbocycles. The van der Waals surface area contributed by atoms with E-state index in [1.54, 1.807) is 18.2 Å². The lowest BCUT2D eigenvalue weighted by Gasteiger charge is -2.07. The van der Waals surface area contributed by atoms with Crippen molar-refractivity contribution in [1.29, 1.82) is 0 Å². The summed E-state index contributed by atoms with van der Waals surface area (Å²) in [7, 11) is 0. The van der Waals surface area contributed by atoms with Crippen molar-refractivity contribution >= 4 is 11.0 Å². The molecule has 1 N–H and O–H groups in total. The van der Waals surface area contributed by atoms with Crippen molar-refractivity contribution in [3.63, 3.8) is 0 Å². The molecule has 0 saturated heterocycles. The van der Waals surface area contributed by atoms with E-state index in [9.17, 15) is 9.50 Å². The molecule has 3 heteroatoms. The summed E-state index contributed by atoms with van der Waals surface area (Å²) in [5.41, 5.74) is 1.21. The Bertz CT molecular complexity index is 688. The predicted octanol–water partition coefficient (Wildman–Crippen LogP) is 3.85. The van der Waals surface area contributed by atoms with E-state index in [0.717, 1.165) is 5.56 Å². The summed E-state index contributed by atoms with van der Waals surface area (Å²) in [6, 6.07) is 16.1. The molecule has 1 atom stereocenters. The molecule has 0 bridgehead atoms. The van der Waals surface area contributed by atoms with E-state index >= 15 is 0 Å². The summed E-state index contributed by atoms with van der Waals surface area (Å²) in [5.74, 6) is -0.0142. The topological polar surface area (TPSA) is 33.4 Å². The second kappa shape index (κ2) is 4.86. The van der Waals surface area contributed by atoms with Gasteiger partial charge in [0.05, 0.1) is 0 Å². The molecule has 1 heterocycles. The highest BCUT2D eigenvalue weighted by molar-refractivity contribution is 5.78. The lowest BCUT2D eigenvalue weighted by atomic mass is 10.1. The van der Waals surface area contributed by atoms with Crippen molar-refractivity contribution < 1.29 is 13.9 Å². The minimum Gasteiger partial charge on any atom is -0.455 e. The van der Waals surface area contributed by atoms with E-state index in [1.807, 2.05) is 30.3 Å². The number of benzene rings is 2. The van der Waals surface area contributed by atoms with Gasteiger partial charge in [-0.05, 0) is 17.7 Å². The van der Waals surface area contributed by atoms with Gasteiger partial charge in [-0.25, -0.2) is 4.39 Å². The second-order valence-electron chi connectivity index (χ2n) is 4.51. The first-order valence-corrected chi connectivity index (χ1v) is 6.14. The average Bonchev–Trinajstić information content (AvgIpc) is 2.85. The van der Waals surface area contributed by atoms with Crippen LogP contribution in [-0.2, 0) is 6.42 Å². The van der Waals surface area contributed by atoms with Gasteiger partial charge in [0.15, 0.2) is 11.4 Å². The van der Waals surface area contributed by atoms with E-state index in [0.29, 0.717) is 17.6 Å². The Balaban J connectivity index is 1.89. The van der Waals surface area contributed by atoms with Gasteiger partial charge in [0.25, 0.3) is 0 Å². The number of para-hydroxylation sites is 1. The Morgan fingerprint density at radius 1 is 1.05 bits per heavy atom. The fourth-order valence-corrected chi connectivity index (χ4v) is 2.15. The van der Waals surface area contributed by atoms with Crippen LogP contribution in [0, 0.1) is 5.82 Å². The zero-order valence-electron chi connectivity index (χ0n) is 10.2. The number of aliphatic hydroxyl groups excluding tert-OH is 1. The van der Waals surface area contributed by atoms with Gasteiger partial charge in [-0.15, -0.1) is 0 Å². The minimum absolute atomic E-state index is 0.199. The van der Waals surface area contributed by atoms with Gasteiger partial charge < -0.3 is 9.52 Å². The first-order chi connectivity index (χ1) is 9.24. The molecule has 0 aliphatic rings. The third-order valence-electron chi connectivity index (χ3n) is 3.12. The first-order valence-electron chi connectivity index (χ1n) is 6.14. The Labute approximate surface area is 110 Å². The van der Waals surface area contributed by atoms with E-state index in [-0.39, 0.29) is 5.58 Å². The molecule has 2 nitrogen and oxygen atoms in total. The zero-order valence-corrected chi connectivity index (χ0v) is 10.2. The van der Waals surface area contributed by atoms with Crippen LogP contribution >= 0.6 is 0 Å². The molecule has 0 fully saturated rings. The van der Waals surface area contributed by atoms with Crippen LogP contribution in [0.3, 0.4) is 0 Å². The molecule has 1 unspecified atom stereocenters. The SMILES string of the molecule is OC(Cc1ccccc1)c1cc2cccc(F)c2o1. The number of aliphatic hydroxyl groups is 1. The highest BCUT2D eigenvalue weighted by Crippen LogP contribution is 2.27. The summed E-state index contributed by atoms with van der Waals surface area (Å²) in [6.07, 6.45) is -0.323. The standard InChI is InChI=1S/C16H13FO2/c17-13-8-4-7-12-10-15(19-16(12)13)14(18)9-11-5-2-1-3-6-11/h1-8,10,14,18H,9H2. The Hall–Kier alpha value is -2.13. The van der Waals surface area contributed by atoms with Gasteiger partial charge in [-0.3, -0.25) is 0 Å². The highest BCUT2D eigenvalue weighted by atomic mass is 19.1. The number of hydrogen-bond donors (Lipinski definition) is 1.